The summed E-state index contributed by atoms with van der Waals surface area (Å²) in [4.78, 5) is 36.7. The van der Waals surface area contributed by atoms with Crippen LogP contribution in [0.2, 0.25) is 0 Å². The van der Waals surface area contributed by atoms with Gasteiger partial charge >= 0.3 is 0 Å². The van der Waals surface area contributed by atoms with E-state index in [9.17, 15) is 9.59 Å². The molecule has 0 saturated carbocycles. The Bertz CT molecular complexity index is 1110. The van der Waals surface area contributed by atoms with E-state index < -0.39 is 0 Å². The average molecular weight is 434 g/mol. The lowest BCUT2D eigenvalue weighted by molar-refractivity contribution is -0.139. The number of ether oxygens (including phenoxy) is 1. The average Bonchev–Trinajstić information content (AvgIpc) is 3.42. The Hall–Kier alpha value is -3.42. The van der Waals surface area contributed by atoms with Gasteiger partial charge in [-0.2, -0.15) is 0 Å². The zero-order chi connectivity index (χ0) is 21.9. The highest BCUT2D eigenvalue weighted by atomic mass is 16.5. The summed E-state index contributed by atoms with van der Waals surface area (Å²) >= 11 is 0. The summed E-state index contributed by atoms with van der Waals surface area (Å²) in [5.41, 5.74) is 2.06. The zero-order valence-electron chi connectivity index (χ0n) is 18.0. The standard InChI is InChI=1S/C24H27N5O3/c30-21-7-4-11-28(21)16-22(31)27-12-8-19(9-13-27)32-24-20-10-14-29(23(20)25-17-26-24)15-18-5-2-1-3-6-18/h1-3,5-6,10,14,17,19H,4,7-9,11-13,15-16H2. The molecule has 4 heterocycles. The molecule has 8 nitrogen and oxygen atoms in total. The number of carbonyl (C=O) groups is 2. The van der Waals surface area contributed by atoms with Gasteiger partial charge in [-0.3, -0.25) is 9.59 Å². The van der Waals surface area contributed by atoms with E-state index in [0.29, 0.717) is 31.9 Å². The number of aromatic nitrogens is 3. The second-order valence-corrected chi connectivity index (χ2v) is 8.46. The summed E-state index contributed by atoms with van der Waals surface area (Å²) in [5.74, 6) is 0.707. The van der Waals surface area contributed by atoms with Crippen molar-refractivity contribution in [2.75, 3.05) is 26.2 Å². The molecule has 2 aliphatic rings. The highest BCUT2D eigenvalue weighted by Gasteiger charge is 2.28. The van der Waals surface area contributed by atoms with Crippen molar-refractivity contribution in [3.8, 4) is 5.88 Å². The van der Waals surface area contributed by atoms with Gasteiger partial charge in [0.25, 0.3) is 0 Å². The van der Waals surface area contributed by atoms with Crippen LogP contribution in [0.25, 0.3) is 11.0 Å². The number of amides is 2. The minimum absolute atomic E-state index is 0.00282. The van der Waals surface area contributed by atoms with Crippen LogP contribution in [0.5, 0.6) is 5.88 Å². The van der Waals surface area contributed by atoms with Crippen LogP contribution in [0.1, 0.15) is 31.2 Å². The van der Waals surface area contributed by atoms with Gasteiger partial charge in [0.15, 0.2) is 0 Å². The van der Waals surface area contributed by atoms with Gasteiger partial charge < -0.3 is 19.1 Å². The van der Waals surface area contributed by atoms with Crippen LogP contribution in [0.4, 0.5) is 0 Å². The van der Waals surface area contributed by atoms with Crippen molar-refractivity contribution < 1.29 is 14.3 Å². The molecule has 2 aromatic heterocycles. The Labute approximate surface area is 186 Å². The van der Waals surface area contributed by atoms with Gasteiger partial charge in [0.2, 0.25) is 17.7 Å². The molecule has 0 radical (unpaired) electrons. The fourth-order valence-corrected chi connectivity index (χ4v) is 4.50. The Balaban J connectivity index is 1.20. The van der Waals surface area contributed by atoms with Crippen molar-refractivity contribution in [1.82, 2.24) is 24.3 Å². The van der Waals surface area contributed by atoms with Crippen molar-refractivity contribution in [2.45, 2.75) is 38.3 Å². The van der Waals surface area contributed by atoms with Gasteiger partial charge in [0.1, 0.15) is 18.1 Å². The highest BCUT2D eigenvalue weighted by molar-refractivity contribution is 5.86. The fourth-order valence-electron chi connectivity index (χ4n) is 4.50. The van der Waals surface area contributed by atoms with E-state index in [1.54, 1.807) is 11.2 Å². The van der Waals surface area contributed by atoms with E-state index in [1.807, 2.05) is 35.4 Å². The third kappa shape index (κ3) is 4.30. The van der Waals surface area contributed by atoms with Crippen LogP contribution < -0.4 is 4.74 Å². The molecule has 32 heavy (non-hydrogen) atoms. The molecule has 1 aromatic carbocycles. The summed E-state index contributed by atoms with van der Waals surface area (Å²) in [6.45, 7) is 2.90. The number of benzene rings is 1. The molecule has 0 unspecified atom stereocenters. The first-order valence-electron chi connectivity index (χ1n) is 11.2. The normalized spacial score (nSPS) is 17.3. The third-order valence-electron chi connectivity index (χ3n) is 6.29. The first-order chi connectivity index (χ1) is 15.7. The Morgan fingerprint density at radius 2 is 1.88 bits per heavy atom. The molecule has 2 saturated heterocycles. The van der Waals surface area contributed by atoms with E-state index >= 15 is 0 Å². The van der Waals surface area contributed by atoms with Gasteiger partial charge in [-0.25, -0.2) is 9.97 Å². The van der Waals surface area contributed by atoms with Crippen LogP contribution >= 0.6 is 0 Å². The van der Waals surface area contributed by atoms with Crippen LogP contribution in [-0.2, 0) is 16.1 Å². The minimum Gasteiger partial charge on any atom is -0.474 e. The summed E-state index contributed by atoms with van der Waals surface area (Å²) in [7, 11) is 0. The number of carbonyl (C=O) groups excluding carboxylic acids is 2. The number of rotatable bonds is 6. The highest BCUT2D eigenvalue weighted by Crippen LogP contribution is 2.26. The molecular formula is C24H27N5O3. The van der Waals surface area contributed by atoms with E-state index in [0.717, 1.165) is 36.8 Å². The molecule has 2 fully saturated rings. The van der Waals surface area contributed by atoms with Gasteiger partial charge in [0, 0.05) is 51.6 Å². The number of hydrogen-bond donors (Lipinski definition) is 0. The maximum Gasteiger partial charge on any atom is 0.242 e. The smallest absolute Gasteiger partial charge is 0.242 e. The first kappa shape index (κ1) is 20.5. The number of likely N-dealkylation sites (tertiary alicyclic amines) is 2. The van der Waals surface area contributed by atoms with E-state index in [1.165, 1.54) is 5.56 Å². The van der Waals surface area contributed by atoms with Crippen molar-refractivity contribution in [3.63, 3.8) is 0 Å². The summed E-state index contributed by atoms with van der Waals surface area (Å²) in [5, 5.41) is 0.898. The minimum atomic E-state index is 0.00282. The summed E-state index contributed by atoms with van der Waals surface area (Å²) in [6, 6.07) is 12.3. The quantitative estimate of drug-likeness (QED) is 0.597. The predicted molar refractivity (Wildman–Crippen MR) is 119 cm³/mol. The van der Waals surface area contributed by atoms with Crippen LogP contribution in [-0.4, -0.2) is 68.4 Å². The number of piperidine rings is 1. The molecule has 2 aliphatic heterocycles. The van der Waals surface area contributed by atoms with Gasteiger partial charge in [-0.05, 0) is 18.1 Å². The molecule has 0 atom stereocenters. The Kier molecular flexibility index (Phi) is 5.75. The molecule has 5 rings (SSSR count). The maximum atomic E-state index is 12.6. The molecular weight excluding hydrogens is 406 g/mol. The van der Waals surface area contributed by atoms with E-state index in [2.05, 4.69) is 26.7 Å². The van der Waals surface area contributed by atoms with Crippen molar-refractivity contribution in [3.05, 3.63) is 54.5 Å². The fraction of sp³-hybridized carbons (Fsp3) is 0.417. The summed E-state index contributed by atoms with van der Waals surface area (Å²) in [6.07, 6.45) is 6.46. The van der Waals surface area contributed by atoms with Crippen LogP contribution in [0.15, 0.2) is 48.9 Å². The zero-order valence-corrected chi connectivity index (χ0v) is 18.0. The largest absolute Gasteiger partial charge is 0.474 e. The number of nitrogens with zero attached hydrogens (tertiary/aromatic N) is 5. The molecule has 3 aromatic rings. The molecule has 2 amide bonds. The Morgan fingerprint density at radius 3 is 2.62 bits per heavy atom. The second kappa shape index (κ2) is 8.98. The molecule has 8 heteroatoms. The van der Waals surface area contributed by atoms with Crippen LogP contribution in [0.3, 0.4) is 0 Å². The first-order valence-corrected chi connectivity index (χ1v) is 11.2. The lowest BCUT2D eigenvalue weighted by atomic mass is 10.1. The van der Waals surface area contributed by atoms with Crippen molar-refractivity contribution >= 4 is 22.8 Å². The van der Waals surface area contributed by atoms with Gasteiger partial charge in [-0.15, -0.1) is 0 Å². The third-order valence-corrected chi connectivity index (χ3v) is 6.29. The molecule has 0 bridgehead atoms. The molecule has 166 valence electrons. The lowest BCUT2D eigenvalue weighted by Crippen LogP contribution is -2.46. The SMILES string of the molecule is O=C(CN1CCCC1=O)N1CCC(Oc2ncnc3c2ccn3Cc2ccccc2)CC1. The molecule has 0 spiro atoms. The van der Waals surface area contributed by atoms with Gasteiger partial charge in [0.05, 0.1) is 11.9 Å². The second-order valence-electron chi connectivity index (χ2n) is 8.46. The topological polar surface area (TPSA) is 80.6 Å². The van der Waals surface area contributed by atoms with Crippen LogP contribution in [0, 0.1) is 0 Å². The van der Waals surface area contributed by atoms with Crippen molar-refractivity contribution in [2.24, 2.45) is 0 Å². The van der Waals surface area contributed by atoms with Gasteiger partial charge in [-0.1, -0.05) is 30.3 Å². The summed E-state index contributed by atoms with van der Waals surface area (Å²) < 4.78 is 8.34. The maximum absolute atomic E-state index is 12.6. The lowest BCUT2D eigenvalue weighted by Gasteiger charge is -2.33. The number of fused-ring (bicyclic) bond motifs is 1. The molecule has 0 N–H and O–H groups in total. The number of hydrogen-bond acceptors (Lipinski definition) is 5. The van der Waals surface area contributed by atoms with E-state index in [4.69, 9.17) is 4.74 Å². The predicted octanol–water partition coefficient (Wildman–Crippen LogP) is 2.47. The van der Waals surface area contributed by atoms with E-state index in [-0.39, 0.29) is 24.5 Å². The molecule has 0 aliphatic carbocycles. The Morgan fingerprint density at radius 1 is 1.06 bits per heavy atom. The van der Waals surface area contributed by atoms with Crippen molar-refractivity contribution in [1.29, 1.82) is 0 Å². The monoisotopic (exact) mass is 433 g/mol.